The number of hydrogen-bond acceptors (Lipinski definition) is 14. The summed E-state index contributed by atoms with van der Waals surface area (Å²) in [4.78, 5) is 73.5. The fourth-order valence-electron chi connectivity index (χ4n) is 10.9. The number of carbonyl (C=O) groups excluding carboxylic acids is 4. The van der Waals surface area contributed by atoms with Gasteiger partial charge in [0.15, 0.2) is 0 Å². The van der Waals surface area contributed by atoms with E-state index in [1.807, 2.05) is 42.5 Å². The van der Waals surface area contributed by atoms with Crippen LogP contribution < -0.4 is 30.1 Å². The zero-order valence-electron chi connectivity index (χ0n) is 37.7. The number of aromatic nitrogens is 3. The standard InChI is InChI=1S/C48H53FN12O6S/c1-68(66,67)60-20-13-30-3-2-4-38(42(30)60)52-44-35-11-16-50-43(35)54-48(55-44)51-31-5-8-39(37(49)25-31)58-18-14-32(15-19-58)57-23-21-56(22-24-57)17-12-29-27-59(28-29)33-6-7-34-36(26-33)47(65)61(46(34)64)40-9-10-41(62)53-45(40)63/h2-8,11,16,25-26,29,32,40H,9-10,12-15,17-24,27-28H2,1H3,(H,53,62,63)(H3,50,51,52,54,55). The average Bonchev–Trinajstić information content (AvgIpc) is 4.04. The molecule has 2 aromatic heterocycles. The number of benzene rings is 3. The number of piperidine rings is 2. The van der Waals surface area contributed by atoms with E-state index in [-0.39, 0.29) is 24.6 Å². The highest BCUT2D eigenvalue weighted by molar-refractivity contribution is 7.92. The van der Waals surface area contributed by atoms with Crippen LogP contribution in [0.15, 0.2) is 66.9 Å². The fourth-order valence-corrected chi connectivity index (χ4v) is 11.8. The van der Waals surface area contributed by atoms with Crippen LogP contribution in [-0.4, -0.2) is 145 Å². The molecule has 0 radical (unpaired) electrons. The van der Waals surface area contributed by atoms with Gasteiger partial charge in [-0.1, -0.05) is 12.1 Å². The number of para-hydroxylation sites is 1. The summed E-state index contributed by atoms with van der Waals surface area (Å²) in [5, 5.41) is 9.50. The van der Waals surface area contributed by atoms with Crippen LogP contribution in [0.25, 0.3) is 11.0 Å². The number of halogens is 1. The van der Waals surface area contributed by atoms with Gasteiger partial charge in [-0.3, -0.25) is 38.6 Å². The third-order valence-electron chi connectivity index (χ3n) is 14.6. The highest BCUT2D eigenvalue weighted by Gasteiger charge is 2.45. The van der Waals surface area contributed by atoms with Crippen LogP contribution >= 0.6 is 0 Å². The predicted octanol–water partition coefficient (Wildman–Crippen LogP) is 4.42. The quantitative estimate of drug-likeness (QED) is 0.128. The third-order valence-corrected chi connectivity index (χ3v) is 15.7. The molecule has 1 atom stereocenters. The van der Waals surface area contributed by atoms with Crippen molar-refractivity contribution in [3.63, 3.8) is 0 Å². The first-order chi connectivity index (χ1) is 32.8. The number of anilines is 7. The summed E-state index contributed by atoms with van der Waals surface area (Å²) in [5.41, 5.74) is 5.31. The van der Waals surface area contributed by atoms with Crippen LogP contribution in [0.3, 0.4) is 0 Å². The summed E-state index contributed by atoms with van der Waals surface area (Å²) < 4.78 is 42.5. The van der Waals surface area contributed by atoms with Gasteiger partial charge in [-0.15, -0.1) is 0 Å². The molecule has 11 rings (SSSR count). The van der Waals surface area contributed by atoms with Crippen LogP contribution in [0.5, 0.6) is 0 Å². The van der Waals surface area contributed by atoms with Crippen molar-refractivity contribution >= 4 is 84.9 Å². The maximum atomic E-state index is 15.8. The summed E-state index contributed by atoms with van der Waals surface area (Å²) in [6.07, 6.45) is 6.81. The predicted molar refractivity (Wildman–Crippen MR) is 256 cm³/mol. The molecule has 8 heterocycles. The van der Waals surface area contributed by atoms with Crippen LogP contribution in [-0.2, 0) is 26.0 Å². The highest BCUT2D eigenvalue weighted by Crippen LogP contribution is 2.40. The van der Waals surface area contributed by atoms with Crippen LogP contribution in [0, 0.1) is 11.7 Å². The van der Waals surface area contributed by atoms with Crippen molar-refractivity contribution in [2.45, 2.75) is 50.6 Å². The monoisotopic (exact) mass is 944 g/mol. The number of nitrogens with one attached hydrogen (secondary N) is 4. The summed E-state index contributed by atoms with van der Waals surface area (Å²) in [6, 6.07) is 17.4. The smallest absolute Gasteiger partial charge is 0.262 e. The Hall–Kier alpha value is -6.64. The van der Waals surface area contributed by atoms with Gasteiger partial charge in [-0.25, -0.2) is 12.8 Å². The van der Waals surface area contributed by atoms with Crippen molar-refractivity contribution in [2.75, 3.05) is 96.4 Å². The largest absolute Gasteiger partial charge is 0.371 e. The maximum Gasteiger partial charge on any atom is 0.262 e. The van der Waals surface area contributed by atoms with Gasteiger partial charge in [-0.2, -0.15) is 9.97 Å². The van der Waals surface area contributed by atoms with Gasteiger partial charge in [0.25, 0.3) is 11.8 Å². The number of sulfonamides is 1. The second-order valence-electron chi connectivity index (χ2n) is 18.8. The van der Waals surface area contributed by atoms with Crippen LogP contribution in [0.2, 0.25) is 0 Å². The van der Waals surface area contributed by atoms with E-state index in [9.17, 15) is 27.6 Å². The van der Waals surface area contributed by atoms with Gasteiger partial charge in [-0.05, 0) is 98.7 Å². The number of hydrogen-bond donors (Lipinski definition) is 4. The van der Waals surface area contributed by atoms with E-state index < -0.39 is 39.7 Å². The molecule has 4 N–H and O–H groups in total. The third kappa shape index (κ3) is 8.27. The molecule has 6 aliphatic heterocycles. The molecule has 18 nitrogen and oxygen atoms in total. The zero-order chi connectivity index (χ0) is 46.8. The van der Waals surface area contributed by atoms with Gasteiger partial charge in [0.05, 0.1) is 39.8 Å². The SMILES string of the molecule is CS(=O)(=O)N1CCc2cccc(Nc3nc(Nc4ccc(N5CCC(N6CCN(CCC7CN(c8ccc9c(c8)C(=O)N(C8CCC(=O)NC8=O)C9=O)C7)CC6)CC5)c(F)c4)nc4[nH]ccc34)c21. The van der Waals surface area contributed by atoms with E-state index in [0.717, 1.165) is 99.7 Å². The molecular formula is C48H53FN12O6S. The maximum absolute atomic E-state index is 15.8. The van der Waals surface area contributed by atoms with Crippen molar-refractivity contribution < 1.29 is 32.0 Å². The number of amides is 4. The van der Waals surface area contributed by atoms with E-state index in [1.165, 1.54) is 16.6 Å². The Morgan fingerprint density at radius 2 is 1.60 bits per heavy atom. The lowest BCUT2D eigenvalue weighted by molar-refractivity contribution is -0.136. The normalized spacial score (nSPS) is 20.8. The molecule has 20 heteroatoms. The number of H-pyrrole nitrogens is 1. The van der Waals surface area contributed by atoms with Crippen molar-refractivity contribution in [3.8, 4) is 0 Å². The number of aromatic amines is 1. The summed E-state index contributed by atoms with van der Waals surface area (Å²) >= 11 is 0. The van der Waals surface area contributed by atoms with Gasteiger partial charge >= 0.3 is 0 Å². The first-order valence-electron chi connectivity index (χ1n) is 23.4. The first kappa shape index (κ1) is 43.9. The van der Waals surface area contributed by atoms with E-state index in [0.29, 0.717) is 70.3 Å². The summed E-state index contributed by atoms with van der Waals surface area (Å²) in [7, 11) is -3.48. The average molecular weight is 945 g/mol. The lowest BCUT2D eigenvalue weighted by Crippen LogP contribution is -2.54. The molecule has 6 aliphatic rings. The van der Waals surface area contributed by atoms with E-state index in [1.54, 1.807) is 18.3 Å². The molecule has 4 fully saturated rings. The van der Waals surface area contributed by atoms with Gasteiger partial charge in [0.1, 0.15) is 23.3 Å². The molecule has 0 bridgehead atoms. The minimum absolute atomic E-state index is 0.0888. The van der Waals surface area contributed by atoms with Crippen LogP contribution in [0.4, 0.5) is 44.6 Å². The minimum Gasteiger partial charge on any atom is -0.371 e. The lowest BCUT2D eigenvalue weighted by atomic mass is 9.94. The Morgan fingerprint density at radius 3 is 2.37 bits per heavy atom. The number of carbonyl (C=O) groups is 4. The number of piperazine rings is 1. The molecule has 0 saturated carbocycles. The van der Waals surface area contributed by atoms with E-state index in [2.05, 4.69) is 45.5 Å². The molecule has 68 heavy (non-hydrogen) atoms. The summed E-state index contributed by atoms with van der Waals surface area (Å²) in [5.74, 6) is -1.04. The molecule has 1 unspecified atom stereocenters. The minimum atomic E-state index is -3.48. The van der Waals surface area contributed by atoms with Crippen molar-refractivity contribution in [1.29, 1.82) is 0 Å². The molecule has 5 aromatic rings. The topological polar surface area (TPSA) is 200 Å². The molecule has 4 amide bonds. The Balaban J connectivity index is 0.637. The van der Waals surface area contributed by atoms with Crippen molar-refractivity contribution in [3.05, 3.63) is 89.4 Å². The molecular weight excluding hydrogens is 892 g/mol. The zero-order valence-corrected chi connectivity index (χ0v) is 38.5. The van der Waals surface area contributed by atoms with Gasteiger partial charge < -0.3 is 30.3 Å². The Kier molecular flexibility index (Phi) is 11.3. The van der Waals surface area contributed by atoms with E-state index >= 15 is 4.39 Å². The molecule has 4 saturated heterocycles. The van der Waals surface area contributed by atoms with Crippen molar-refractivity contribution in [2.24, 2.45) is 5.92 Å². The fraction of sp³-hybridized carbons (Fsp3) is 0.417. The Bertz CT molecular complexity index is 2960. The molecule has 0 aliphatic carbocycles. The highest BCUT2D eigenvalue weighted by atomic mass is 32.2. The van der Waals surface area contributed by atoms with E-state index in [4.69, 9.17) is 4.98 Å². The first-order valence-corrected chi connectivity index (χ1v) is 25.3. The number of rotatable bonds is 12. The number of fused-ring (bicyclic) bond motifs is 3. The second kappa shape index (κ2) is 17.5. The second-order valence-corrected chi connectivity index (χ2v) is 20.7. The van der Waals surface area contributed by atoms with Gasteiger partial charge in [0, 0.05) is 88.9 Å². The Labute approximate surface area is 392 Å². The molecule has 354 valence electrons. The molecule has 3 aromatic carbocycles. The molecule has 0 spiro atoms. The Morgan fingerprint density at radius 1 is 0.809 bits per heavy atom. The van der Waals surface area contributed by atoms with Crippen LogP contribution in [0.1, 0.15) is 58.4 Å². The van der Waals surface area contributed by atoms with Crippen molar-refractivity contribution in [1.82, 2.24) is 35.0 Å². The number of imide groups is 2. The number of nitrogens with zero attached hydrogens (tertiary/aromatic N) is 8. The van der Waals surface area contributed by atoms with Gasteiger partial charge in [0.2, 0.25) is 27.8 Å². The lowest BCUT2D eigenvalue weighted by Gasteiger charge is -2.45. The summed E-state index contributed by atoms with van der Waals surface area (Å²) in [6.45, 7) is 8.73.